The zero-order valence-electron chi connectivity index (χ0n) is 23.4. The van der Waals surface area contributed by atoms with Crippen molar-refractivity contribution >= 4 is 34.8 Å². The van der Waals surface area contributed by atoms with Gasteiger partial charge in [-0.15, -0.1) is 5.10 Å². The number of nitrogens with one attached hydrogen (secondary N) is 2. The molecule has 1 saturated heterocycles. The lowest BCUT2D eigenvalue weighted by Gasteiger charge is -2.34. The predicted molar refractivity (Wildman–Crippen MR) is 159 cm³/mol. The van der Waals surface area contributed by atoms with Crippen molar-refractivity contribution in [3.63, 3.8) is 0 Å². The fourth-order valence-electron chi connectivity index (χ4n) is 4.83. The smallest absolute Gasteiger partial charge is 0.254 e. The van der Waals surface area contributed by atoms with E-state index in [9.17, 15) is 18.4 Å². The molecule has 0 unspecified atom stereocenters. The third kappa shape index (κ3) is 5.87. The van der Waals surface area contributed by atoms with Gasteiger partial charge in [0.2, 0.25) is 11.9 Å². The predicted octanol–water partition coefficient (Wildman–Crippen LogP) is 5.82. The standard InChI is InChI=1S/C32H28F2N6O3/c1-19(20-3-9-24(33)10-4-20)30(41)35-26-11-5-21(6-12-26)23-8-14-29-37-32(38-40(29)16-23)36-27-13-7-22(15-28(27)43-2)31(42)39-17-25(34)18-39/h3-16,19,25H,17-18H2,1-2H3,(H,35,41)(H,36,38)/t19-/m1/s1. The number of ether oxygens (including phenoxy) is 1. The summed E-state index contributed by atoms with van der Waals surface area (Å²) in [6.45, 7) is 1.98. The van der Waals surface area contributed by atoms with Crippen molar-refractivity contribution < 1.29 is 23.1 Å². The first-order valence-electron chi connectivity index (χ1n) is 13.7. The Balaban J connectivity index is 1.14. The van der Waals surface area contributed by atoms with Crippen molar-refractivity contribution in [1.29, 1.82) is 0 Å². The van der Waals surface area contributed by atoms with E-state index in [4.69, 9.17) is 4.74 Å². The van der Waals surface area contributed by atoms with Crippen LogP contribution in [0.5, 0.6) is 5.75 Å². The molecule has 2 aromatic heterocycles. The van der Waals surface area contributed by atoms with Crippen LogP contribution in [0.15, 0.2) is 85.1 Å². The molecular formula is C32H28F2N6O3. The zero-order valence-corrected chi connectivity index (χ0v) is 23.4. The summed E-state index contributed by atoms with van der Waals surface area (Å²) in [5.41, 5.74) is 4.80. The summed E-state index contributed by atoms with van der Waals surface area (Å²) in [7, 11) is 1.50. The molecule has 218 valence electrons. The summed E-state index contributed by atoms with van der Waals surface area (Å²) in [6.07, 6.45) is 0.881. The summed E-state index contributed by atoms with van der Waals surface area (Å²) < 4.78 is 33.5. The van der Waals surface area contributed by atoms with Crippen molar-refractivity contribution in [2.24, 2.45) is 0 Å². The van der Waals surface area contributed by atoms with Crippen molar-refractivity contribution in [2.75, 3.05) is 30.8 Å². The Kier molecular flexibility index (Phi) is 7.45. The van der Waals surface area contributed by atoms with Crippen LogP contribution in [0.4, 0.5) is 26.1 Å². The van der Waals surface area contributed by atoms with Crippen LogP contribution in [0.3, 0.4) is 0 Å². The second-order valence-electron chi connectivity index (χ2n) is 10.3. The van der Waals surface area contributed by atoms with E-state index in [-0.39, 0.29) is 30.7 Å². The number of hydrogen-bond acceptors (Lipinski definition) is 6. The summed E-state index contributed by atoms with van der Waals surface area (Å²) in [5.74, 6) is -0.438. The number of pyridine rings is 1. The Bertz CT molecular complexity index is 1800. The molecule has 0 aliphatic carbocycles. The molecule has 5 aromatic rings. The molecule has 9 nitrogen and oxygen atoms in total. The van der Waals surface area contributed by atoms with Gasteiger partial charge in [0.05, 0.1) is 31.8 Å². The van der Waals surface area contributed by atoms with E-state index < -0.39 is 12.1 Å². The quantitative estimate of drug-likeness (QED) is 0.239. The van der Waals surface area contributed by atoms with E-state index >= 15 is 0 Å². The molecule has 6 rings (SSSR count). The van der Waals surface area contributed by atoms with E-state index in [1.807, 2.05) is 42.6 Å². The number of carbonyl (C=O) groups excluding carboxylic acids is 2. The van der Waals surface area contributed by atoms with Gasteiger partial charge in [0, 0.05) is 23.0 Å². The van der Waals surface area contributed by atoms with Gasteiger partial charge in [0.25, 0.3) is 5.91 Å². The fraction of sp³-hybridized carbons (Fsp3) is 0.188. The highest BCUT2D eigenvalue weighted by Crippen LogP contribution is 2.30. The molecule has 0 saturated carbocycles. The maximum Gasteiger partial charge on any atom is 0.254 e. The molecule has 0 spiro atoms. The van der Waals surface area contributed by atoms with Crippen molar-refractivity contribution in [3.05, 3.63) is 102 Å². The lowest BCUT2D eigenvalue weighted by molar-refractivity contribution is -0.117. The molecule has 1 aliphatic rings. The molecule has 2 N–H and O–H groups in total. The van der Waals surface area contributed by atoms with E-state index in [2.05, 4.69) is 20.7 Å². The Morgan fingerprint density at radius 3 is 2.40 bits per heavy atom. The van der Waals surface area contributed by atoms with Crippen LogP contribution in [0, 0.1) is 5.82 Å². The Labute approximate surface area is 246 Å². The maximum atomic E-state index is 13.2. The highest BCUT2D eigenvalue weighted by Gasteiger charge is 2.31. The van der Waals surface area contributed by atoms with Gasteiger partial charge in [-0.3, -0.25) is 9.59 Å². The minimum atomic E-state index is -0.968. The molecule has 11 heteroatoms. The molecular weight excluding hydrogens is 554 g/mol. The number of benzene rings is 3. The molecule has 0 radical (unpaired) electrons. The molecule has 1 aliphatic heterocycles. The Morgan fingerprint density at radius 1 is 0.977 bits per heavy atom. The number of halogens is 2. The Morgan fingerprint density at radius 2 is 1.70 bits per heavy atom. The number of rotatable bonds is 8. The van der Waals surface area contributed by atoms with Crippen LogP contribution in [-0.2, 0) is 4.79 Å². The van der Waals surface area contributed by atoms with Crippen molar-refractivity contribution in [2.45, 2.75) is 19.0 Å². The zero-order chi connectivity index (χ0) is 30.1. The number of anilines is 3. The van der Waals surface area contributed by atoms with Crippen LogP contribution in [0.1, 0.15) is 28.8 Å². The Hall–Kier alpha value is -5.32. The van der Waals surface area contributed by atoms with Gasteiger partial charge in [-0.1, -0.05) is 24.3 Å². The van der Waals surface area contributed by atoms with Crippen LogP contribution >= 0.6 is 0 Å². The number of amides is 2. The molecule has 0 bridgehead atoms. The minimum absolute atomic E-state index is 0.104. The average molecular weight is 583 g/mol. The first-order chi connectivity index (χ1) is 20.8. The normalized spacial score (nSPS) is 13.8. The summed E-state index contributed by atoms with van der Waals surface area (Å²) in [6, 6.07) is 22.1. The first-order valence-corrected chi connectivity index (χ1v) is 13.7. The molecule has 43 heavy (non-hydrogen) atoms. The lowest BCUT2D eigenvalue weighted by Crippen LogP contribution is -2.51. The van der Waals surface area contributed by atoms with Crippen LogP contribution in [0.25, 0.3) is 16.8 Å². The van der Waals surface area contributed by atoms with Crippen molar-refractivity contribution in [1.82, 2.24) is 19.5 Å². The monoisotopic (exact) mass is 582 g/mol. The number of fused-ring (bicyclic) bond motifs is 1. The molecule has 1 atom stereocenters. The highest BCUT2D eigenvalue weighted by atomic mass is 19.1. The molecule has 3 heterocycles. The molecule has 3 aromatic carbocycles. The van der Waals surface area contributed by atoms with Gasteiger partial charge in [-0.25, -0.2) is 13.3 Å². The summed E-state index contributed by atoms with van der Waals surface area (Å²) in [5, 5.41) is 10.6. The number of nitrogens with zero attached hydrogens (tertiary/aromatic N) is 4. The van der Waals surface area contributed by atoms with Crippen LogP contribution < -0.4 is 15.4 Å². The van der Waals surface area contributed by atoms with E-state index in [0.717, 1.165) is 16.7 Å². The SMILES string of the molecule is COc1cc(C(=O)N2CC(F)C2)ccc1Nc1nc2ccc(-c3ccc(NC(=O)[C@H](C)c4ccc(F)cc4)cc3)cn2n1. The second kappa shape index (κ2) is 11.5. The summed E-state index contributed by atoms with van der Waals surface area (Å²) >= 11 is 0. The first kappa shape index (κ1) is 27.8. The van der Waals surface area contributed by atoms with Gasteiger partial charge in [0.1, 0.15) is 17.7 Å². The van der Waals surface area contributed by atoms with E-state index in [1.165, 1.54) is 24.1 Å². The van der Waals surface area contributed by atoms with Gasteiger partial charge in [0.15, 0.2) is 5.65 Å². The maximum absolute atomic E-state index is 13.2. The topological polar surface area (TPSA) is 101 Å². The average Bonchev–Trinajstić information content (AvgIpc) is 3.41. The number of methoxy groups -OCH3 is 1. The number of alkyl halides is 1. The van der Waals surface area contributed by atoms with Crippen molar-refractivity contribution in [3.8, 4) is 16.9 Å². The number of aromatic nitrogens is 3. The van der Waals surface area contributed by atoms with Gasteiger partial charge >= 0.3 is 0 Å². The highest BCUT2D eigenvalue weighted by molar-refractivity contribution is 5.96. The second-order valence-corrected chi connectivity index (χ2v) is 10.3. The lowest BCUT2D eigenvalue weighted by atomic mass is 10.00. The largest absolute Gasteiger partial charge is 0.495 e. The van der Waals surface area contributed by atoms with Gasteiger partial charge < -0.3 is 20.3 Å². The minimum Gasteiger partial charge on any atom is -0.495 e. The molecule has 2 amide bonds. The van der Waals surface area contributed by atoms with Gasteiger partial charge in [-0.2, -0.15) is 4.98 Å². The summed E-state index contributed by atoms with van der Waals surface area (Å²) in [4.78, 5) is 31.2. The third-order valence-electron chi connectivity index (χ3n) is 7.40. The fourth-order valence-corrected chi connectivity index (χ4v) is 4.83. The van der Waals surface area contributed by atoms with Crippen LogP contribution in [0.2, 0.25) is 0 Å². The van der Waals surface area contributed by atoms with E-state index in [1.54, 1.807) is 41.8 Å². The number of likely N-dealkylation sites (tertiary alicyclic amines) is 1. The van der Waals surface area contributed by atoms with Gasteiger partial charge in [-0.05, 0) is 72.6 Å². The van der Waals surface area contributed by atoms with E-state index in [0.29, 0.717) is 34.3 Å². The van der Waals surface area contributed by atoms with Crippen LogP contribution in [-0.4, -0.2) is 57.7 Å². The number of hydrogen-bond donors (Lipinski definition) is 2. The number of carbonyl (C=O) groups is 2. The molecule has 1 fully saturated rings. The third-order valence-corrected chi connectivity index (χ3v) is 7.40.